The quantitative estimate of drug-likeness (QED) is 0.605. The van der Waals surface area contributed by atoms with E-state index in [4.69, 9.17) is 23.2 Å². The van der Waals surface area contributed by atoms with Crippen LogP contribution < -0.4 is 0 Å². The third-order valence-corrected chi connectivity index (χ3v) is 2.70. The van der Waals surface area contributed by atoms with Crippen LogP contribution in [0.5, 0.6) is 0 Å². The van der Waals surface area contributed by atoms with Gasteiger partial charge < -0.3 is 0 Å². The standard InChI is InChI=1S/C14H8Cl2/c15-13-7-4-8-14(16)12(13)10-9-11-5-2-1-3-6-11/h1-8H. The largest absolute Gasteiger partial charge is 0.0829 e. The topological polar surface area (TPSA) is 0 Å². The van der Waals surface area contributed by atoms with Crippen molar-refractivity contribution < 1.29 is 0 Å². The summed E-state index contributed by atoms with van der Waals surface area (Å²) in [5.74, 6) is 6.01. The Morgan fingerprint density at radius 1 is 0.688 bits per heavy atom. The highest BCUT2D eigenvalue weighted by molar-refractivity contribution is 6.36. The van der Waals surface area contributed by atoms with E-state index in [9.17, 15) is 0 Å². The molecule has 0 saturated heterocycles. The van der Waals surface area contributed by atoms with Crippen molar-refractivity contribution in [1.82, 2.24) is 0 Å². The number of halogens is 2. The fourth-order valence-corrected chi connectivity index (χ4v) is 1.77. The highest BCUT2D eigenvalue weighted by atomic mass is 35.5. The second kappa shape index (κ2) is 5.07. The highest BCUT2D eigenvalue weighted by Crippen LogP contribution is 2.22. The number of rotatable bonds is 0. The molecule has 0 heterocycles. The molecule has 0 atom stereocenters. The maximum atomic E-state index is 6.01. The first-order chi connectivity index (χ1) is 7.77. The van der Waals surface area contributed by atoms with Crippen molar-refractivity contribution in [2.75, 3.05) is 0 Å². The minimum absolute atomic E-state index is 0.580. The van der Waals surface area contributed by atoms with E-state index in [1.54, 1.807) is 18.2 Å². The minimum Gasteiger partial charge on any atom is -0.0829 e. The summed E-state index contributed by atoms with van der Waals surface area (Å²) in [6.45, 7) is 0. The molecule has 2 rings (SSSR count). The summed E-state index contributed by atoms with van der Waals surface area (Å²) >= 11 is 12.0. The Morgan fingerprint density at radius 2 is 1.31 bits per heavy atom. The van der Waals surface area contributed by atoms with E-state index in [2.05, 4.69) is 11.8 Å². The summed E-state index contributed by atoms with van der Waals surface area (Å²) < 4.78 is 0. The van der Waals surface area contributed by atoms with Crippen molar-refractivity contribution in [2.24, 2.45) is 0 Å². The summed E-state index contributed by atoms with van der Waals surface area (Å²) in [5.41, 5.74) is 1.62. The summed E-state index contributed by atoms with van der Waals surface area (Å²) in [4.78, 5) is 0. The molecule has 0 aromatic heterocycles. The van der Waals surface area contributed by atoms with E-state index in [-0.39, 0.29) is 0 Å². The van der Waals surface area contributed by atoms with Crippen LogP contribution in [0.4, 0.5) is 0 Å². The molecule has 0 radical (unpaired) electrons. The molecule has 0 bridgehead atoms. The van der Waals surface area contributed by atoms with Crippen LogP contribution in [0.25, 0.3) is 0 Å². The zero-order valence-corrected chi connectivity index (χ0v) is 9.89. The number of hydrogen-bond acceptors (Lipinski definition) is 0. The van der Waals surface area contributed by atoms with Crippen LogP contribution in [0.3, 0.4) is 0 Å². The molecule has 0 N–H and O–H groups in total. The predicted octanol–water partition coefficient (Wildman–Crippen LogP) is 4.39. The third-order valence-electron chi connectivity index (χ3n) is 2.07. The Labute approximate surface area is 105 Å². The van der Waals surface area contributed by atoms with Gasteiger partial charge in [-0.1, -0.05) is 59.3 Å². The van der Waals surface area contributed by atoms with Gasteiger partial charge in [0.1, 0.15) is 0 Å². The summed E-state index contributed by atoms with van der Waals surface area (Å²) in [7, 11) is 0. The molecule has 0 unspecified atom stereocenters. The van der Waals surface area contributed by atoms with E-state index in [0.29, 0.717) is 15.6 Å². The molecular weight excluding hydrogens is 239 g/mol. The zero-order valence-electron chi connectivity index (χ0n) is 8.37. The van der Waals surface area contributed by atoms with Crippen LogP contribution in [0.2, 0.25) is 10.0 Å². The lowest BCUT2D eigenvalue weighted by Gasteiger charge is -1.97. The maximum absolute atomic E-state index is 6.01. The molecule has 78 valence electrons. The van der Waals surface area contributed by atoms with Crippen molar-refractivity contribution >= 4 is 23.2 Å². The van der Waals surface area contributed by atoms with Gasteiger partial charge in [-0.3, -0.25) is 0 Å². The Bertz CT molecular complexity index is 528. The van der Waals surface area contributed by atoms with Crippen molar-refractivity contribution in [3.63, 3.8) is 0 Å². The Balaban J connectivity index is 2.39. The molecule has 0 amide bonds. The third kappa shape index (κ3) is 2.58. The molecular formula is C14H8Cl2. The lowest BCUT2D eigenvalue weighted by atomic mass is 10.2. The van der Waals surface area contributed by atoms with Crippen LogP contribution in [-0.4, -0.2) is 0 Å². The van der Waals surface area contributed by atoms with Gasteiger partial charge in [-0.25, -0.2) is 0 Å². The van der Waals surface area contributed by atoms with Crippen molar-refractivity contribution in [1.29, 1.82) is 0 Å². The lowest BCUT2D eigenvalue weighted by molar-refractivity contribution is 1.62. The Morgan fingerprint density at radius 3 is 1.94 bits per heavy atom. The first-order valence-corrected chi connectivity index (χ1v) is 5.54. The monoisotopic (exact) mass is 246 g/mol. The molecule has 2 aromatic rings. The van der Waals surface area contributed by atoms with E-state index in [0.717, 1.165) is 5.56 Å². The zero-order chi connectivity index (χ0) is 11.4. The maximum Gasteiger partial charge on any atom is 0.0621 e. The molecule has 2 aromatic carbocycles. The van der Waals surface area contributed by atoms with Gasteiger partial charge in [-0.05, 0) is 24.3 Å². The summed E-state index contributed by atoms with van der Waals surface area (Å²) in [5, 5.41) is 1.16. The summed E-state index contributed by atoms with van der Waals surface area (Å²) in [6, 6.07) is 15.1. The molecule has 16 heavy (non-hydrogen) atoms. The van der Waals surface area contributed by atoms with Crippen molar-refractivity contribution in [2.45, 2.75) is 0 Å². The smallest absolute Gasteiger partial charge is 0.0621 e. The van der Waals surface area contributed by atoms with Gasteiger partial charge >= 0.3 is 0 Å². The van der Waals surface area contributed by atoms with Gasteiger partial charge in [0, 0.05) is 5.56 Å². The van der Waals surface area contributed by atoms with Gasteiger partial charge in [-0.2, -0.15) is 0 Å². The van der Waals surface area contributed by atoms with Crippen molar-refractivity contribution in [3.8, 4) is 11.8 Å². The van der Waals surface area contributed by atoms with Gasteiger partial charge in [0.25, 0.3) is 0 Å². The van der Waals surface area contributed by atoms with E-state index >= 15 is 0 Å². The normalized spacial score (nSPS) is 9.38. The van der Waals surface area contributed by atoms with E-state index < -0.39 is 0 Å². The number of hydrogen-bond donors (Lipinski definition) is 0. The SMILES string of the molecule is Clc1cccc(Cl)c1C#Cc1ccccc1. The van der Waals surface area contributed by atoms with Crippen LogP contribution in [0, 0.1) is 11.8 Å². The first-order valence-electron chi connectivity index (χ1n) is 4.78. The average molecular weight is 247 g/mol. The Kier molecular flexibility index (Phi) is 3.51. The average Bonchev–Trinajstić information content (AvgIpc) is 2.30. The second-order valence-corrected chi connectivity index (χ2v) is 4.03. The van der Waals surface area contributed by atoms with E-state index in [1.165, 1.54) is 0 Å². The molecule has 0 saturated carbocycles. The van der Waals surface area contributed by atoms with Crippen LogP contribution in [-0.2, 0) is 0 Å². The molecule has 0 aliphatic rings. The van der Waals surface area contributed by atoms with Gasteiger partial charge in [0.15, 0.2) is 0 Å². The molecule has 0 spiro atoms. The highest BCUT2D eigenvalue weighted by Gasteiger charge is 2.00. The molecule has 0 fully saturated rings. The second-order valence-electron chi connectivity index (χ2n) is 3.21. The fraction of sp³-hybridized carbons (Fsp3) is 0. The molecule has 2 heteroatoms. The van der Waals surface area contributed by atoms with Crippen LogP contribution in [0.1, 0.15) is 11.1 Å². The van der Waals surface area contributed by atoms with E-state index in [1.807, 2.05) is 30.3 Å². The van der Waals surface area contributed by atoms with Crippen LogP contribution >= 0.6 is 23.2 Å². The van der Waals surface area contributed by atoms with Gasteiger partial charge in [0.05, 0.1) is 15.6 Å². The lowest BCUT2D eigenvalue weighted by Crippen LogP contribution is -1.79. The van der Waals surface area contributed by atoms with Crippen LogP contribution in [0.15, 0.2) is 48.5 Å². The van der Waals surface area contributed by atoms with Gasteiger partial charge in [0.2, 0.25) is 0 Å². The molecule has 0 nitrogen and oxygen atoms in total. The van der Waals surface area contributed by atoms with Gasteiger partial charge in [-0.15, -0.1) is 0 Å². The molecule has 0 aliphatic carbocycles. The minimum atomic E-state index is 0.580. The first kappa shape index (κ1) is 11.1. The van der Waals surface area contributed by atoms with Crippen molar-refractivity contribution in [3.05, 3.63) is 69.7 Å². The molecule has 0 aliphatic heterocycles. The summed E-state index contributed by atoms with van der Waals surface area (Å²) in [6.07, 6.45) is 0. The fourth-order valence-electron chi connectivity index (χ4n) is 1.27. The Hall–Kier alpha value is -1.42. The predicted molar refractivity (Wildman–Crippen MR) is 68.9 cm³/mol. The number of benzene rings is 2.